The van der Waals surface area contributed by atoms with E-state index in [1.807, 2.05) is 28.8 Å². The molecule has 4 rings (SSSR count). The highest BCUT2D eigenvalue weighted by atomic mass is 16.5. The number of nitrogens with one attached hydrogen (secondary N) is 2. The van der Waals surface area contributed by atoms with Gasteiger partial charge in [-0.25, -0.2) is 4.98 Å². The highest BCUT2D eigenvalue weighted by molar-refractivity contribution is 5.79. The molecule has 3 heterocycles. The minimum absolute atomic E-state index is 0.745. The van der Waals surface area contributed by atoms with Gasteiger partial charge in [0.05, 0.1) is 18.9 Å². The average molecular weight is 407 g/mol. The van der Waals surface area contributed by atoms with Crippen LogP contribution in [0, 0.1) is 0 Å². The molecule has 1 aliphatic rings. The highest BCUT2D eigenvalue weighted by Gasteiger charge is 2.12. The van der Waals surface area contributed by atoms with Gasteiger partial charge in [0.25, 0.3) is 0 Å². The lowest BCUT2D eigenvalue weighted by molar-refractivity contribution is 0.0341. The van der Waals surface area contributed by atoms with Gasteiger partial charge in [-0.15, -0.1) is 0 Å². The molecule has 2 aromatic heterocycles. The van der Waals surface area contributed by atoms with E-state index in [1.165, 1.54) is 11.1 Å². The average Bonchev–Trinajstić information content (AvgIpc) is 3.20. The Morgan fingerprint density at radius 1 is 1.07 bits per heavy atom. The molecule has 0 atom stereocenters. The summed E-state index contributed by atoms with van der Waals surface area (Å²) in [5.74, 6) is 0.805. The molecule has 3 aromatic rings. The molecule has 0 amide bonds. The summed E-state index contributed by atoms with van der Waals surface area (Å²) in [6.45, 7) is 6.11. The van der Waals surface area contributed by atoms with Crippen LogP contribution in [0.15, 0.2) is 59.9 Å². The lowest BCUT2D eigenvalue weighted by atomic mass is 10.1. The SMILES string of the molecule is CN=C(NCCc1cn2ccccc2n1)NCc1ccccc1CN1CCOCC1. The topological polar surface area (TPSA) is 66.2 Å². The summed E-state index contributed by atoms with van der Waals surface area (Å²) in [7, 11) is 1.81. The first kappa shape index (κ1) is 20.4. The molecule has 30 heavy (non-hydrogen) atoms. The van der Waals surface area contributed by atoms with Gasteiger partial charge in [-0.1, -0.05) is 30.3 Å². The standard InChI is InChI=1S/C23H30N6O/c1-24-23(25-10-9-21-18-29-11-5-4-8-22(29)27-21)26-16-19-6-2-3-7-20(19)17-28-12-14-30-15-13-28/h2-8,11,18H,9-10,12-17H2,1H3,(H2,24,25,26). The zero-order chi connectivity index (χ0) is 20.6. The molecule has 158 valence electrons. The van der Waals surface area contributed by atoms with Crippen molar-refractivity contribution in [3.8, 4) is 0 Å². The summed E-state index contributed by atoms with van der Waals surface area (Å²) >= 11 is 0. The summed E-state index contributed by atoms with van der Waals surface area (Å²) in [6, 6.07) is 14.7. The van der Waals surface area contributed by atoms with Gasteiger partial charge in [0.1, 0.15) is 5.65 Å². The number of aromatic nitrogens is 2. The molecule has 1 aromatic carbocycles. The number of benzene rings is 1. The fraction of sp³-hybridized carbons (Fsp3) is 0.391. The van der Waals surface area contributed by atoms with Gasteiger partial charge in [-0.3, -0.25) is 9.89 Å². The molecule has 0 radical (unpaired) electrons. The summed E-state index contributed by atoms with van der Waals surface area (Å²) in [5, 5.41) is 6.84. The number of imidazole rings is 1. The maximum Gasteiger partial charge on any atom is 0.191 e. The molecule has 0 saturated carbocycles. The van der Waals surface area contributed by atoms with Crippen molar-refractivity contribution in [2.75, 3.05) is 39.9 Å². The highest BCUT2D eigenvalue weighted by Crippen LogP contribution is 2.13. The van der Waals surface area contributed by atoms with E-state index in [0.29, 0.717) is 0 Å². The smallest absolute Gasteiger partial charge is 0.191 e. The van der Waals surface area contributed by atoms with Crippen LogP contribution < -0.4 is 10.6 Å². The fourth-order valence-corrected chi connectivity index (χ4v) is 3.70. The van der Waals surface area contributed by atoms with Crippen LogP contribution in [0.25, 0.3) is 5.65 Å². The zero-order valence-electron chi connectivity index (χ0n) is 17.6. The summed E-state index contributed by atoms with van der Waals surface area (Å²) in [4.78, 5) is 11.5. The first-order valence-corrected chi connectivity index (χ1v) is 10.6. The number of pyridine rings is 1. The molecular weight excluding hydrogens is 376 g/mol. The number of hydrogen-bond donors (Lipinski definition) is 2. The number of morpholine rings is 1. The van der Waals surface area contributed by atoms with Gasteiger partial charge < -0.3 is 19.8 Å². The maximum absolute atomic E-state index is 5.46. The number of rotatable bonds is 7. The Balaban J connectivity index is 1.28. The van der Waals surface area contributed by atoms with Crippen LogP contribution in [-0.2, 0) is 24.2 Å². The van der Waals surface area contributed by atoms with Crippen LogP contribution >= 0.6 is 0 Å². The molecule has 0 aliphatic carbocycles. The summed E-state index contributed by atoms with van der Waals surface area (Å²) < 4.78 is 7.51. The van der Waals surface area contributed by atoms with Gasteiger partial charge >= 0.3 is 0 Å². The molecule has 1 saturated heterocycles. The third-order valence-corrected chi connectivity index (χ3v) is 5.37. The maximum atomic E-state index is 5.46. The Morgan fingerprint density at radius 3 is 2.67 bits per heavy atom. The minimum atomic E-state index is 0.745. The van der Waals surface area contributed by atoms with Crippen molar-refractivity contribution in [3.63, 3.8) is 0 Å². The van der Waals surface area contributed by atoms with E-state index in [-0.39, 0.29) is 0 Å². The molecular formula is C23H30N6O. The quantitative estimate of drug-likeness (QED) is 0.465. The van der Waals surface area contributed by atoms with Gasteiger partial charge in [-0.2, -0.15) is 0 Å². The molecule has 2 N–H and O–H groups in total. The first-order chi connectivity index (χ1) is 14.8. The van der Waals surface area contributed by atoms with Crippen LogP contribution in [0.4, 0.5) is 0 Å². The predicted octanol–water partition coefficient (Wildman–Crippen LogP) is 2.07. The second-order valence-electron chi connectivity index (χ2n) is 7.46. The van der Waals surface area contributed by atoms with Crippen molar-refractivity contribution >= 4 is 11.6 Å². The largest absolute Gasteiger partial charge is 0.379 e. The Morgan fingerprint density at radius 2 is 1.87 bits per heavy atom. The summed E-state index contributed by atoms with van der Waals surface area (Å²) in [6.07, 6.45) is 4.94. The predicted molar refractivity (Wildman–Crippen MR) is 120 cm³/mol. The number of fused-ring (bicyclic) bond motifs is 1. The zero-order valence-corrected chi connectivity index (χ0v) is 17.6. The minimum Gasteiger partial charge on any atom is -0.379 e. The number of guanidine groups is 1. The summed E-state index contributed by atoms with van der Waals surface area (Å²) in [5.41, 5.74) is 4.70. The molecule has 0 bridgehead atoms. The van der Waals surface area contributed by atoms with Crippen LogP contribution in [0.1, 0.15) is 16.8 Å². The van der Waals surface area contributed by atoms with E-state index in [1.54, 1.807) is 7.05 Å². The monoisotopic (exact) mass is 406 g/mol. The van der Waals surface area contributed by atoms with Crippen molar-refractivity contribution in [1.82, 2.24) is 24.9 Å². The van der Waals surface area contributed by atoms with Crippen molar-refractivity contribution in [3.05, 3.63) is 71.7 Å². The third kappa shape index (κ3) is 5.37. The second-order valence-corrected chi connectivity index (χ2v) is 7.46. The lowest BCUT2D eigenvalue weighted by Gasteiger charge is -2.27. The van der Waals surface area contributed by atoms with Crippen molar-refractivity contribution in [2.45, 2.75) is 19.5 Å². The molecule has 0 unspecified atom stereocenters. The van der Waals surface area contributed by atoms with E-state index >= 15 is 0 Å². The van der Waals surface area contributed by atoms with Gasteiger partial charge in [0, 0.05) is 58.6 Å². The van der Waals surface area contributed by atoms with Crippen LogP contribution in [0.3, 0.4) is 0 Å². The Hall–Kier alpha value is -2.90. The Kier molecular flexibility index (Phi) is 6.95. The molecule has 1 fully saturated rings. The van der Waals surface area contributed by atoms with Gasteiger partial charge in [-0.05, 0) is 23.3 Å². The van der Waals surface area contributed by atoms with Gasteiger partial charge in [0.2, 0.25) is 0 Å². The number of hydrogen-bond acceptors (Lipinski definition) is 4. The van der Waals surface area contributed by atoms with E-state index < -0.39 is 0 Å². The first-order valence-electron chi connectivity index (χ1n) is 10.6. The lowest BCUT2D eigenvalue weighted by Crippen LogP contribution is -2.38. The van der Waals surface area contributed by atoms with E-state index in [9.17, 15) is 0 Å². The number of ether oxygens (including phenoxy) is 1. The molecule has 7 heteroatoms. The van der Waals surface area contributed by atoms with E-state index in [0.717, 1.165) is 69.7 Å². The molecule has 1 aliphatic heterocycles. The molecule has 7 nitrogen and oxygen atoms in total. The third-order valence-electron chi connectivity index (χ3n) is 5.37. The van der Waals surface area contributed by atoms with Crippen LogP contribution in [0.2, 0.25) is 0 Å². The van der Waals surface area contributed by atoms with Crippen LogP contribution in [0.5, 0.6) is 0 Å². The Bertz CT molecular complexity index is 943. The van der Waals surface area contributed by atoms with Crippen LogP contribution in [-0.4, -0.2) is 60.1 Å². The van der Waals surface area contributed by atoms with E-state index in [2.05, 4.69) is 56.0 Å². The number of aliphatic imine (C=N–C) groups is 1. The number of nitrogens with zero attached hydrogens (tertiary/aromatic N) is 4. The second kappa shape index (κ2) is 10.2. The Labute approximate surface area is 177 Å². The molecule has 0 spiro atoms. The van der Waals surface area contributed by atoms with Crippen molar-refractivity contribution < 1.29 is 4.74 Å². The van der Waals surface area contributed by atoms with Gasteiger partial charge in [0.15, 0.2) is 5.96 Å². The van der Waals surface area contributed by atoms with Crippen molar-refractivity contribution in [2.24, 2.45) is 4.99 Å². The fourth-order valence-electron chi connectivity index (χ4n) is 3.70. The normalized spacial score (nSPS) is 15.4. The van der Waals surface area contributed by atoms with Crippen molar-refractivity contribution in [1.29, 1.82) is 0 Å². The van der Waals surface area contributed by atoms with E-state index in [4.69, 9.17) is 4.74 Å².